The number of likely N-dealkylation sites (tertiary alicyclic amines) is 1. The van der Waals surface area contributed by atoms with Crippen LogP contribution in [0.3, 0.4) is 0 Å². The third-order valence-electron chi connectivity index (χ3n) is 11.3. The molecule has 0 saturated carbocycles. The maximum Gasteiger partial charge on any atom is 0.446 e. The van der Waals surface area contributed by atoms with Gasteiger partial charge >= 0.3 is 12.3 Å². The Hall–Kier alpha value is -8.09. The van der Waals surface area contributed by atoms with Gasteiger partial charge in [0.2, 0.25) is 6.29 Å². The van der Waals surface area contributed by atoms with E-state index < -0.39 is 42.0 Å². The quantitative estimate of drug-likeness (QED) is 0.0521. The standard InChI is InChI=1S/C26H30ClN7O4.C21H22ClN7O2.C2HF3O/c1-26(2,3)38-25(37)33-13-5-4-6-18(33)23-32-20(21(22(28)35)34(23)29)15-7-9-16(10-8-15)24(36)31-19-12-11-17(27)14-30-19;22-14-8-9-16(26-11-14)27-21(31)13-6-4-12(5-7-13)17-18(19(23)30)29(24)20(28-17)15-3-1-2-10-25-15;3-2(4,5)1-6/h7-12,14,18H,4-6,13,29H2,1-3H3,(H2,28,35)(H,30,31,36);4-9,11,15,25H,1-3,10,24H2,(H2,23,30)(H,26,27,31);1H/t18-;15-;/m00./s1. The highest BCUT2D eigenvalue weighted by Crippen LogP contribution is 2.35. The molecule has 0 bridgehead atoms. The summed E-state index contributed by atoms with van der Waals surface area (Å²) in [7, 11) is 0. The maximum absolute atomic E-state index is 12.9. The third-order valence-corrected chi connectivity index (χ3v) is 11.8. The number of aromatic nitrogens is 6. The lowest BCUT2D eigenvalue weighted by atomic mass is 10.0. The van der Waals surface area contributed by atoms with Crippen LogP contribution in [0.25, 0.3) is 22.5 Å². The van der Waals surface area contributed by atoms with Crippen molar-refractivity contribution >= 4 is 70.8 Å². The minimum absolute atomic E-state index is 0.00252. The van der Waals surface area contributed by atoms with Crippen molar-refractivity contribution in [2.24, 2.45) is 11.5 Å². The highest BCUT2D eigenvalue weighted by molar-refractivity contribution is 6.30. The number of primary amides is 2. The van der Waals surface area contributed by atoms with Crippen molar-refractivity contribution in [3.63, 3.8) is 0 Å². The van der Waals surface area contributed by atoms with Gasteiger partial charge < -0.3 is 43.8 Å². The van der Waals surface area contributed by atoms with E-state index in [0.717, 1.165) is 43.3 Å². The number of carbonyl (C=O) groups excluding carboxylic acids is 6. The number of nitrogens with zero attached hydrogens (tertiary/aromatic N) is 7. The number of amides is 5. The van der Waals surface area contributed by atoms with Gasteiger partial charge in [-0.05, 0) is 108 Å². The number of rotatable bonds is 10. The molecule has 2 aliphatic rings. The summed E-state index contributed by atoms with van der Waals surface area (Å²) in [5.41, 5.74) is 13.3. The normalized spacial score (nSPS) is 15.5. The van der Waals surface area contributed by atoms with Crippen molar-refractivity contribution in [1.82, 2.24) is 39.5 Å². The van der Waals surface area contributed by atoms with Crippen molar-refractivity contribution in [1.29, 1.82) is 0 Å². The molecule has 8 rings (SSSR count). The second-order valence-corrected chi connectivity index (χ2v) is 18.8. The molecule has 75 heavy (non-hydrogen) atoms. The Morgan fingerprint density at radius 1 is 0.693 bits per heavy atom. The van der Waals surface area contributed by atoms with Gasteiger partial charge in [-0.3, -0.25) is 28.9 Å². The van der Waals surface area contributed by atoms with Crippen LogP contribution < -0.4 is 39.1 Å². The van der Waals surface area contributed by atoms with Crippen LogP contribution in [0.4, 0.5) is 29.6 Å². The number of piperidine rings is 2. The minimum atomic E-state index is -4.64. The molecule has 396 valence electrons. The molecule has 0 spiro atoms. The number of anilines is 2. The SMILES string of the molecule is CC(C)(C)OC(=O)N1CCCC[C@H]1c1nc(-c2ccc(C(=O)Nc3ccc(Cl)cn3)cc2)c(C(N)=O)n1N.NC(=O)c1c(-c2ccc(C(=O)Nc3ccc(Cl)cn3)cc2)nc([C@@H]2CCCCN2)n1N.O=CC(F)(F)F. The van der Waals surface area contributed by atoms with Crippen molar-refractivity contribution in [2.75, 3.05) is 35.4 Å². The summed E-state index contributed by atoms with van der Waals surface area (Å²) in [6, 6.07) is 19.1. The van der Waals surface area contributed by atoms with Gasteiger partial charge in [0.25, 0.3) is 23.6 Å². The first kappa shape index (κ1) is 56.2. The van der Waals surface area contributed by atoms with Gasteiger partial charge in [0.05, 0.1) is 22.1 Å². The molecular weight excluding hydrogens is 1020 g/mol. The summed E-state index contributed by atoms with van der Waals surface area (Å²) < 4.78 is 39.3. The molecule has 6 aromatic rings. The van der Waals surface area contributed by atoms with E-state index in [1.807, 2.05) is 0 Å². The second kappa shape index (κ2) is 24.3. The van der Waals surface area contributed by atoms with Crippen molar-refractivity contribution in [3.05, 3.63) is 129 Å². The Morgan fingerprint density at radius 3 is 1.55 bits per heavy atom. The maximum atomic E-state index is 12.9. The fourth-order valence-electron chi connectivity index (χ4n) is 7.90. The Bertz CT molecular complexity index is 3010. The van der Waals surface area contributed by atoms with E-state index in [-0.39, 0.29) is 34.9 Å². The Balaban J connectivity index is 0.000000223. The number of imidazole rings is 2. The summed E-state index contributed by atoms with van der Waals surface area (Å²) in [5.74, 6) is 12.0. The van der Waals surface area contributed by atoms with Gasteiger partial charge in [0.1, 0.15) is 34.4 Å². The molecule has 2 atom stereocenters. The van der Waals surface area contributed by atoms with Crippen LogP contribution in [0.1, 0.15) is 125 Å². The molecule has 2 aromatic carbocycles. The number of hydrogen-bond donors (Lipinski definition) is 7. The number of hydrogen-bond acceptors (Lipinski definition) is 14. The summed E-state index contributed by atoms with van der Waals surface area (Å²) in [5, 5.41) is 9.70. The Morgan fingerprint density at radius 2 is 1.15 bits per heavy atom. The molecule has 5 amide bonds. The smallest absolute Gasteiger partial charge is 0.444 e. The van der Waals surface area contributed by atoms with Gasteiger partial charge in [0, 0.05) is 41.2 Å². The van der Waals surface area contributed by atoms with E-state index in [1.54, 1.807) is 98.5 Å². The number of ether oxygens (including phenoxy) is 1. The lowest BCUT2D eigenvalue weighted by molar-refractivity contribution is -0.156. The van der Waals surface area contributed by atoms with Crippen LogP contribution in [0.15, 0.2) is 85.2 Å². The highest BCUT2D eigenvalue weighted by Gasteiger charge is 2.36. The fraction of sp³-hybridized carbons (Fsp3) is 0.306. The average molecular weight is 1080 g/mol. The van der Waals surface area contributed by atoms with Gasteiger partial charge in [-0.2, -0.15) is 13.2 Å². The molecule has 2 saturated heterocycles. The van der Waals surface area contributed by atoms with Crippen molar-refractivity contribution in [2.45, 2.75) is 83.2 Å². The minimum Gasteiger partial charge on any atom is -0.444 e. The van der Waals surface area contributed by atoms with E-state index in [9.17, 15) is 37.1 Å². The number of halogens is 5. The van der Waals surface area contributed by atoms with Crippen LogP contribution in [-0.4, -0.2) is 95.1 Å². The van der Waals surface area contributed by atoms with Crippen LogP contribution in [-0.2, 0) is 9.53 Å². The Labute approximate surface area is 437 Å². The largest absolute Gasteiger partial charge is 0.446 e. The molecule has 11 N–H and O–H groups in total. The van der Waals surface area contributed by atoms with Crippen molar-refractivity contribution in [3.8, 4) is 22.5 Å². The topological polar surface area (TPSA) is 316 Å². The Kier molecular flexibility index (Phi) is 18.2. The van der Waals surface area contributed by atoms with Gasteiger partial charge in [-0.1, -0.05) is 53.9 Å². The first-order valence-electron chi connectivity index (χ1n) is 23.1. The lowest BCUT2D eigenvalue weighted by Gasteiger charge is -2.36. The van der Waals surface area contributed by atoms with Crippen LogP contribution in [0.5, 0.6) is 0 Å². The third kappa shape index (κ3) is 14.8. The lowest BCUT2D eigenvalue weighted by Crippen LogP contribution is -2.43. The number of alkyl halides is 3. The zero-order valence-electron chi connectivity index (χ0n) is 40.7. The summed E-state index contributed by atoms with van der Waals surface area (Å²) in [4.78, 5) is 90.3. The fourth-order valence-corrected chi connectivity index (χ4v) is 8.12. The molecule has 26 heteroatoms. The first-order valence-corrected chi connectivity index (χ1v) is 23.9. The number of benzene rings is 2. The zero-order valence-corrected chi connectivity index (χ0v) is 42.2. The monoisotopic (exact) mass is 1080 g/mol. The van der Waals surface area contributed by atoms with Crippen LogP contribution >= 0.6 is 23.2 Å². The molecule has 21 nitrogen and oxygen atoms in total. The van der Waals surface area contributed by atoms with E-state index in [1.165, 1.54) is 17.1 Å². The molecule has 0 radical (unpaired) electrons. The van der Waals surface area contributed by atoms with Crippen molar-refractivity contribution < 1.29 is 46.7 Å². The first-order chi connectivity index (χ1) is 35.4. The van der Waals surface area contributed by atoms with Gasteiger partial charge in [0.15, 0.2) is 17.2 Å². The molecule has 6 heterocycles. The number of nitrogens with two attached hydrogens (primary N) is 4. The van der Waals surface area contributed by atoms with Gasteiger partial charge in [-0.25, -0.2) is 34.1 Å². The van der Waals surface area contributed by atoms with E-state index in [4.69, 9.17) is 55.9 Å². The molecule has 0 unspecified atom stereocenters. The summed E-state index contributed by atoms with van der Waals surface area (Å²) >= 11 is 11.6. The number of nitrogen functional groups attached to an aromatic ring is 2. The van der Waals surface area contributed by atoms with Gasteiger partial charge in [-0.15, -0.1) is 0 Å². The predicted molar refractivity (Wildman–Crippen MR) is 273 cm³/mol. The van der Waals surface area contributed by atoms with E-state index >= 15 is 0 Å². The predicted octanol–water partition coefficient (Wildman–Crippen LogP) is 7.35. The summed E-state index contributed by atoms with van der Waals surface area (Å²) in [6.45, 7) is 6.73. The number of pyridine rings is 2. The molecule has 4 aromatic heterocycles. The molecular formula is C49H53Cl2F3N14O7. The molecule has 0 aliphatic carbocycles. The molecule has 2 aliphatic heterocycles. The van der Waals surface area contributed by atoms with E-state index in [0.29, 0.717) is 74.2 Å². The molecule has 2 fully saturated rings. The summed E-state index contributed by atoms with van der Waals surface area (Å²) in [6.07, 6.45) is 1.99. The highest BCUT2D eigenvalue weighted by atomic mass is 35.5. The number of carbonyl (C=O) groups is 6. The van der Waals surface area contributed by atoms with E-state index in [2.05, 4.69) is 35.9 Å². The second-order valence-electron chi connectivity index (χ2n) is 17.9. The van der Waals surface area contributed by atoms with Crippen LogP contribution in [0, 0.1) is 0 Å². The zero-order chi connectivity index (χ0) is 54.8. The number of nitrogens with one attached hydrogen (secondary N) is 3. The average Bonchev–Trinajstić information content (AvgIpc) is 3.92. The van der Waals surface area contributed by atoms with Crippen LogP contribution in [0.2, 0.25) is 10.0 Å². The number of aldehydes is 1.